The third-order valence-electron chi connectivity index (χ3n) is 4.70. The number of imide groups is 1. The van der Waals surface area contributed by atoms with Crippen LogP contribution in [0.2, 0.25) is 0 Å². The minimum Gasteiger partial charge on any atom is -0.322 e. The van der Waals surface area contributed by atoms with Gasteiger partial charge in [0.2, 0.25) is 0 Å². The Labute approximate surface area is 175 Å². The molecule has 148 valence electrons. The first-order valence-electron chi connectivity index (χ1n) is 8.97. The summed E-state index contributed by atoms with van der Waals surface area (Å²) in [6, 6.07) is 12.9. The second-order valence-electron chi connectivity index (χ2n) is 6.84. The number of nitrogens with one attached hydrogen (secondary N) is 2. The Hall–Kier alpha value is -3.04. The second-order valence-corrected chi connectivity index (χ2v) is 8.65. The number of hydrogen-bond acceptors (Lipinski definition) is 6. The summed E-state index contributed by atoms with van der Waals surface area (Å²) in [5.41, 5.74) is 2.54. The van der Waals surface area contributed by atoms with E-state index in [1.165, 1.54) is 22.7 Å². The maximum absolute atomic E-state index is 12.8. The van der Waals surface area contributed by atoms with Crippen LogP contribution in [0, 0.1) is 0 Å². The number of hydrazine groups is 1. The molecule has 9 heteroatoms. The summed E-state index contributed by atoms with van der Waals surface area (Å²) < 4.78 is 0. The second kappa shape index (κ2) is 7.76. The number of carbonyl (C=O) groups is 3. The number of amides is 4. The van der Waals surface area contributed by atoms with Crippen molar-refractivity contribution in [1.29, 1.82) is 0 Å². The van der Waals surface area contributed by atoms with Crippen molar-refractivity contribution in [3.63, 3.8) is 0 Å². The lowest BCUT2D eigenvalue weighted by Crippen LogP contribution is -2.49. The van der Waals surface area contributed by atoms with Gasteiger partial charge in [0.05, 0.1) is 4.88 Å². The maximum Gasteiger partial charge on any atom is 0.344 e. The minimum absolute atomic E-state index is 0.164. The van der Waals surface area contributed by atoms with Crippen LogP contribution in [0.5, 0.6) is 0 Å². The Morgan fingerprint density at radius 1 is 1.17 bits per heavy atom. The first kappa shape index (κ1) is 19.3. The Balaban J connectivity index is 1.43. The molecule has 1 aliphatic rings. The number of rotatable bonds is 6. The molecule has 0 aliphatic carbocycles. The first-order valence-corrected chi connectivity index (χ1v) is 10.7. The smallest absolute Gasteiger partial charge is 0.322 e. The Kier molecular flexibility index (Phi) is 5.16. The lowest BCUT2D eigenvalue weighted by Gasteiger charge is -2.21. The Morgan fingerprint density at radius 3 is 2.69 bits per heavy atom. The van der Waals surface area contributed by atoms with Gasteiger partial charge in [-0.05, 0) is 36.8 Å². The van der Waals surface area contributed by atoms with Crippen molar-refractivity contribution in [2.24, 2.45) is 0 Å². The van der Waals surface area contributed by atoms with Gasteiger partial charge in [0.1, 0.15) is 16.2 Å². The van der Waals surface area contributed by atoms with Gasteiger partial charge < -0.3 is 5.32 Å². The fraction of sp³-hybridized carbons (Fsp3) is 0.200. The highest BCUT2D eigenvalue weighted by molar-refractivity contribution is 7.20. The van der Waals surface area contributed by atoms with Gasteiger partial charge >= 0.3 is 6.03 Å². The largest absolute Gasteiger partial charge is 0.344 e. The van der Waals surface area contributed by atoms with E-state index in [1.54, 1.807) is 12.3 Å². The van der Waals surface area contributed by atoms with Gasteiger partial charge in [-0.2, -0.15) is 5.01 Å². The van der Waals surface area contributed by atoms with Gasteiger partial charge in [-0.3, -0.25) is 15.0 Å². The molecule has 29 heavy (non-hydrogen) atoms. The average Bonchev–Trinajstić information content (AvgIpc) is 3.45. The van der Waals surface area contributed by atoms with Crippen LogP contribution in [-0.2, 0) is 11.2 Å². The molecule has 2 N–H and O–H groups in total. The van der Waals surface area contributed by atoms with E-state index in [2.05, 4.69) is 15.7 Å². The van der Waals surface area contributed by atoms with Crippen LogP contribution in [0.15, 0.2) is 53.2 Å². The van der Waals surface area contributed by atoms with Crippen molar-refractivity contribution >= 4 is 40.5 Å². The Morgan fingerprint density at radius 2 is 1.97 bits per heavy atom. The van der Waals surface area contributed by atoms with Crippen LogP contribution < -0.4 is 10.7 Å². The highest BCUT2D eigenvalue weighted by Gasteiger charge is 2.48. The third kappa shape index (κ3) is 3.92. The summed E-state index contributed by atoms with van der Waals surface area (Å²) in [7, 11) is 0. The van der Waals surface area contributed by atoms with Crippen molar-refractivity contribution in [3.05, 3.63) is 64.5 Å². The normalized spacial score (nSPS) is 18.7. The van der Waals surface area contributed by atoms with Crippen LogP contribution in [0.4, 0.5) is 4.79 Å². The molecule has 0 bridgehead atoms. The molecule has 7 nitrogen and oxygen atoms in total. The fourth-order valence-electron chi connectivity index (χ4n) is 3.04. The van der Waals surface area contributed by atoms with Crippen molar-refractivity contribution in [2.45, 2.75) is 25.3 Å². The van der Waals surface area contributed by atoms with Crippen LogP contribution >= 0.6 is 22.7 Å². The molecule has 1 atom stereocenters. The van der Waals surface area contributed by atoms with E-state index in [-0.39, 0.29) is 5.69 Å². The van der Waals surface area contributed by atoms with Gasteiger partial charge in [-0.25, -0.2) is 9.78 Å². The quantitative estimate of drug-likeness (QED) is 0.591. The predicted octanol–water partition coefficient (Wildman–Crippen LogP) is 3.46. The minimum atomic E-state index is -1.08. The number of aromatic nitrogens is 1. The SMILES string of the molecule is C[C@@]1(CCc2ccccc2)NC(=O)N(NC(=O)c2csc(-c3cccs3)n2)C1=O. The molecule has 3 heterocycles. The third-order valence-corrected chi connectivity index (χ3v) is 6.58. The summed E-state index contributed by atoms with van der Waals surface area (Å²) in [5, 5.41) is 7.70. The predicted molar refractivity (Wildman–Crippen MR) is 111 cm³/mol. The molecule has 1 aliphatic heterocycles. The zero-order chi connectivity index (χ0) is 20.4. The molecule has 4 amide bonds. The van der Waals surface area contributed by atoms with Gasteiger partial charge in [0.25, 0.3) is 11.8 Å². The lowest BCUT2D eigenvalue weighted by atomic mass is 9.93. The fourth-order valence-corrected chi connectivity index (χ4v) is 4.66. The van der Waals surface area contributed by atoms with E-state index in [4.69, 9.17) is 0 Å². The number of nitrogens with zero attached hydrogens (tertiary/aromatic N) is 2. The standard InChI is InChI=1S/C20H18N4O3S2/c1-20(10-9-13-6-3-2-4-7-13)18(26)24(19(27)22-20)23-16(25)14-12-29-17(21-14)15-8-5-11-28-15/h2-8,11-12H,9-10H2,1H3,(H,22,27)(H,23,25)/t20-/m0/s1. The lowest BCUT2D eigenvalue weighted by molar-refractivity contribution is -0.132. The van der Waals surface area contributed by atoms with Gasteiger partial charge in [0, 0.05) is 5.38 Å². The zero-order valence-electron chi connectivity index (χ0n) is 15.5. The topological polar surface area (TPSA) is 91.4 Å². The number of thiazole rings is 1. The number of hydrogen-bond donors (Lipinski definition) is 2. The molecule has 3 aromatic rings. The van der Waals surface area contributed by atoms with Gasteiger partial charge in [0.15, 0.2) is 0 Å². The van der Waals surface area contributed by atoms with E-state index < -0.39 is 23.4 Å². The molecular weight excluding hydrogens is 408 g/mol. The molecule has 0 radical (unpaired) electrons. The summed E-state index contributed by atoms with van der Waals surface area (Å²) in [4.78, 5) is 43.0. The van der Waals surface area contributed by atoms with Gasteiger partial charge in [-0.15, -0.1) is 22.7 Å². The number of thiophene rings is 1. The van der Waals surface area contributed by atoms with Crippen molar-refractivity contribution in [3.8, 4) is 9.88 Å². The van der Waals surface area contributed by atoms with E-state index in [0.717, 1.165) is 20.5 Å². The number of urea groups is 1. The van der Waals surface area contributed by atoms with E-state index in [1.807, 2.05) is 47.8 Å². The van der Waals surface area contributed by atoms with Crippen LogP contribution in [0.25, 0.3) is 9.88 Å². The molecule has 1 fully saturated rings. The summed E-state index contributed by atoms with van der Waals surface area (Å²) in [6.07, 6.45) is 1.05. The van der Waals surface area contributed by atoms with Crippen molar-refractivity contribution < 1.29 is 14.4 Å². The van der Waals surface area contributed by atoms with Crippen molar-refractivity contribution in [2.75, 3.05) is 0 Å². The molecule has 4 rings (SSSR count). The molecule has 0 unspecified atom stereocenters. The highest BCUT2D eigenvalue weighted by Crippen LogP contribution is 2.28. The van der Waals surface area contributed by atoms with E-state index in [9.17, 15) is 14.4 Å². The van der Waals surface area contributed by atoms with Crippen LogP contribution in [0.1, 0.15) is 29.4 Å². The molecule has 2 aromatic heterocycles. The van der Waals surface area contributed by atoms with E-state index >= 15 is 0 Å². The summed E-state index contributed by atoms with van der Waals surface area (Å²) >= 11 is 2.86. The average molecular weight is 427 g/mol. The van der Waals surface area contributed by atoms with Crippen molar-refractivity contribution in [1.82, 2.24) is 20.7 Å². The van der Waals surface area contributed by atoms with Crippen LogP contribution in [0.3, 0.4) is 0 Å². The molecule has 0 saturated carbocycles. The van der Waals surface area contributed by atoms with E-state index in [0.29, 0.717) is 12.8 Å². The monoisotopic (exact) mass is 426 g/mol. The number of aryl methyl sites for hydroxylation is 1. The zero-order valence-corrected chi connectivity index (χ0v) is 17.2. The van der Waals surface area contributed by atoms with Crippen LogP contribution in [-0.4, -0.2) is 33.4 Å². The molecule has 1 saturated heterocycles. The highest BCUT2D eigenvalue weighted by atomic mass is 32.1. The molecule has 1 aromatic carbocycles. The first-order chi connectivity index (χ1) is 14.0. The van der Waals surface area contributed by atoms with Gasteiger partial charge in [-0.1, -0.05) is 36.4 Å². The summed E-state index contributed by atoms with van der Waals surface area (Å²) in [6.45, 7) is 1.67. The number of carbonyl (C=O) groups excluding carboxylic acids is 3. The summed E-state index contributed by atoms with van der Waals surface area (Å²) in [5.74, 6) is -1.08. The Bertz CT molecular complexity index is 1050. The number of benzene rings is 1. The molecule has 0 spiro atoms. The maximum atomic E-state index is 12.8. The molecular formula is C20H18N4O3S2.